The van der Waals surface area contributed by atoms with Crippen molar-refractivity contribution in [1.29, 1.82) is 0 Å². The molecule has 0 spiro atoms. The molecule has 1 aromatic carbocycles. The van der Waals surface area contributed by atoms with E-state index in [1.165, 1.54) is 6.07 Å². The fourth-order valence-electron chi connectivity index (χ4n) is 3.69. The highest BCUT2D eigenvalue weighted by atomic mass is 19.1. The molecule has 1 unspecified atom stereocenters. The van der Waals surface area contributed by atoms with Gasteiger partial charge in [0.2, 0.25) is 0 Å². The van der Waals surface area contributed by atoms with Crippen LogP contribution in [0.3, 0.4) is 0 Å². The monoisotopic (exact) mass is 368 g/mol. The summed E-state index contributed by atoms with van der Waals surface area (Å²) in [5.74, 6) is 0.280. The quantitative estimate of drug-likeness (QED) is 0.713. The fourth-order valence-corrected chi connectivity index (χ4v) is 3.69. The minimum absolute atomic E-state index is 0.00309. The molecule has 0 radical (unpaired) electrons. The third-order valence-electron chi connectivity index (χ3n) is 5.03. The van der Waals surface area contributed by atoms with Crippen LogP contribution in [0, 0.1) is 5.82 Å². The third kappa shape index (κ3) is 2.99. The maximum atomic E-state index is 14.1. The van der Waals surface area contributed by atoms with Crippen molar-refractivity contribution in [3.05, 3.63) is 60.2 Å². The molecule has 1 saturated heterocycles. The topological polar surface area (TPSA) is 50.1 Å². The number of pyridine rings is 1. The molecule has 7 heteroatoms. The lowest BCUT2D eigenvalue weighted by molar-refractivity contribution is 0.0728. The minimum atomic E-state index is -0.239. The summed E-state index contributed by atoms with van der Waals surface area (Å²) in [6.07, 6.45) is 3.36. The van der Waals surface area contributed by atoms with Crippen LogP contribution in [0.4, 0.5) is 10.1 Å². The number of hydrogen-bond donors (Lipinski definition) is 0. The number of rotatable bonds is 3. The lowest BCUT2D eigenvalue weighted by Crippen LogP contribution is -2.54. The maximum absolute atomic E-state index is 14.1. The van der Waals surface area contributed by atoms with Crippen molar-refractivity contribution in [2.45, 2.75) is 13.0 Å². The molecule has 0 N–H and O–H groups in total. The normalized spacial score (nSPS) is 17.4. The molecule has 0 bridgehead atoms. The van der Waals surface area contributed by atoms with Crippen LogP contribution in [-0.4, -0.2) is 53.2 Å². The standard InChI is InChI=1S/C20H21FN4O2/c1-14-13-23(10-11-24(14)17-7-4-3-6-16(17)21)20(26)15-12-22-25-9-5-8-18(27-2)19(15)25/h3-9,12,14H,10-11,13H2,1-2H3. The van der Waals surface area contributed by atoms with E-state index >= 15 is 0 Å². The maximum Gasteiger partial charge on any atom is 0.257 e. The molecule has 1 fully saturated rings. The van der Waals surface area contributed by atoms with Gasteiger partial charge in [-0.1, -0.05) is 12.1 Å². The Hall–Kier alpha value is -3.09. The molecule has 1 amide bonds. The molecule has 6 nitrogen and oxygen atoms in total. The van der Waals surface area contributed by atoms with Gasteiger partial charge in [-0.15, -0.1) is 0 Å². The summed E-state index contributed by atoms with van der Waals surface area (Å²) < 4.78 is 21.2. The fraction of sp³-hybridized carbons (Fsp3) is 0.300. The van der Waals surface area contributed by atoms with Gasteiger partial charge in [-0.25, -0.2) is 8.91 Å². The Balaban J connectivity index is 1.58. The summed E-state index contributed by atoms with van der Waals surface area (Å²) in [7, 11) is 1.58. The van der Waals surface area contributed by atoms with Gasteiger partial charge in [0.1, 0.15) is 17.1 Å². The van der Waals surface area contributed by atoms with Crippen molar-refractivity contribution in [2.24, 2.45) is 0 Å². The van der Waals surface area contributed by atoms with Gasteiger partial charge in [0.05, 0.1) is 24.6 Å². The van der Waals surface area contributed by atoms with Crippen LogP contribution in [0.15, 0.2) is 48.8 Å². The second kappa shape index (κ2) is 6.90. The number of carbonyl (C=O) groups is 1. The highest BCUT2D eigenvalue weighted by molar-refractivity contribution is 6.02. The number of ether oxygens (including phenoxy) is 1. The van der Waals surface area contributed by atoms with Crippen LogP contribution >= 0.6 is 0 Å². The van der Waals surface area contributed by atoms with E-state index < -0.39 is 0 Å². The number of fused-ring (bicyclic) bond motifs is 1. The van der Waals surface area contributed by atoms with Crippen LogP contribution in [0.2, 0.25) is 0 Å². The van der Waals surface area contributed by atoms with Gasteiger partial charge in [0.15, 0.2) is 0 Å². The molecular weight excluding hydrogens is 347 g/mol. The highest BCUT2D eigenvalue weighted by Crippen LogP contribution is 2.27. The second-order valence-electron chi connectivity index (χ2n) is 6.67. The van der Waals surface area contributed by atoms with Crippen LogP contribution in [-0.2, 0) is 0 Å². The summed E-state index contributed by atoms with van der Waals surface area (Å²) in [5, 5.41) is 4.27. The molecular formula is C20H21FN4O2. The number of anilines is 1. The van der Waals surface area contributed by atoms with E-state index in [-0.39, 0.29) is 17.8 Å². The zero-order chi connectivity index (χ0) is 19.0. The SMILES string of the molecule is COc1cccn2ncc(C(=O)N3CCN(c4ccccc4F)C(C)C3)c12. The summed E-state index contributed by atoms with van der Waals surface area (Å²) in [6, 6.07) is 10.4. The van der Waals surface area contributed by atoms with Crippen LogP contribution in [0.1, 0.15) is 17.3 Å². The predicted octanol–water partition coefficient (Wildman–Crippen LogP) is 2.83. The highest BCUT2D eigenvalue weighted by Gasteiger charge is 2.30. The largest absolute Gasteiger partial charge is 0.494 e. The molecule has 2 aromatic heterocycles. The number of carbonyl (C=O) groups excluding carboxylic acids is 1. The molecule has 140 valence electrons. The van der Waals surface area contributed by atoms with Crippen molar-refractivity contribution >= 4 is 17.1 Å². The van der Waals surface area contributed by atoms with Crippen LogP contribution in [0.5, 0.6) is 5.75 Å². The van der Waals surface area contributed by atoms with Crippen molar-refractivity contribution in [3.63, 3.8) is 0 Å². The predicted molar refractivity (Wildman–Crippen MR) is 101 cm³/mol. The number of benzene rings is 1. The number of aromatic nitrogens is 2. The Morgan fingerprint density at radius 1 is 1.22 bits per heavy atom. The number of piperazine rings is 1. The Morgan fingerprint density at radius 2 is 2.04 bits per heavy atom. The van der Waals surface area contributed by atoms with Gasteiger partial charge >= 0.3 is 0 Å². The first kappa shape index (κ1) is 17.3. The third-order valence-corrected chi connectivity index (χ3v) is 5.03. The van der Waals surface area contributed by atoms with Gasteiger partial charge in [-0.3, -0.25) is 4.79 Å². The van der Waals surface area contributed by atoms with E-state index in [9.17, 15) is 9.18 Å². The zero-order valence-electron chi connectivity index (χ0n) is 15.3. The minimum Gasteiger partial charge on any atom is -0.494 e. The van der Waals surface area contributed by atoms with Crippen molar-refractivity contribution in [1.82, 2.24) is 14.5 Å². The Morgan fingerprint density at radius 3 is 2.78 bits per heavy atom. The van der Waals surface area contributed by atoms with Gasteiger partial charge < -0.3 is 14.5 Å². The zero-order valence-corrected chi connectivity index (χ0v) is 15.3. The van der Waals surface area contributed by atoms with Gasteiger partial charge in [0, 0.05) is 31.9 Å². The van der Waals surface area contributed by atoms with Crippen molar-refractivity contribution in [3.8, 4) is 5.75 Å². The first-order valence-electron chi connectivity index (χ1n) is 8.91. The molecule has 1 aliphatic rings. The van der Waals surface area contributed by atoms with Gasteiger partial charge in [-0.2, -0.15) is 5.10 Å². The number of halogens is 1. The first-order valence-corrected chi connectivity index (χ1v) is 8.91. The van der Waals surface area contributed by atoms with Crippen LogP contribution < -0.4 is 9.64 Å². The molecule has 0 aliphatic carbocycles. The smallest absolute Gasteiger partial charge is 0.257 e. The second-order valence-corrected chi connectivity index (χ2v) is 6.67. The molecule has 3 aromatic rings. The van der Waals surface area contributed by atoms with Gasteiger partial charge in [-0.05, 0) is 31.2 Å². The Labute approximate surface area is 156 Å². The molecule has 3 heterocycles. The van der Waals surface area contributed by atoms with Crippen LogP contribution in [0.25, 0.3) is 5.52 Å². The number of para-hydroxylation sites is 1. The van der Waals surface area contributed by atoms with Gasteiger partial charge in [0.25, 0.3) is 5.91 Å². The molecule has 1 atom stereocenters. The number of hydrogen-bond acceptors (Lipinski definition) is 4. The summed E-state index contributed by atoms with van der Waals surface area (Å²) in [4.78, 5) is 16.9. The van der Waals surface area contributed by atoms with E-state index in [1.807, 2.05) is 30.0 Å². The number of amides is 1. The Bertz CT molecular complexity index is 987. The Kier molecular flexibility index (Phi) is 4.43. The molecule has 27 heavy (non-hydrogen) atoms. The summed E-state index contributed by atoms with van der Waals surface area (Å²) in [5.41, 5.74) is 1.75. The van der Waals surface area contributed by atoms with E-state index in [0.29, 0.717) is 42.2 Å². The van der Waals surface area contributed by atoms with E-state index in [0.717, 1.165) is 0 Å². The first-order chi connectivity index (χ1) is 13.1. The molecule has 0 saturated carbocycles. The number of nitrogens with zero attached hydrogens (tertiary/aromatic N) is 4. The van der Waals surface area contributed by atoms with E-state index in [4.69, 9.17) is 4.74 Å². The molecule has 4 rings (SSSR count). The number of methoxy groups -OCH3 is 1. The summed E-state index contributed by atoms with van der Waals surface area (Å²) >= 11 is 0. The lowest BCUT2D eigenvalue weighted by Gasteiger charge is -2.41. The van der Waals surface area contributed by atoms with E-state index in [1.54, 1.807) is 41.1 Å². The average molecular weight is 368 g/mol. The van der Waals surface area contributed by atoms with Crippen molar-refractivity contribution in [2.75, 3.05) is 31.6 Å². The average Bonchev–Trinajstić information content (AvgIpc) is 3.12. The van der Waals surface area contributed by atoms with Crippen molar-refractivity contribution < 1.29 is 13.9 Å². The molecule has 1 aliphatic heterocycles. The lowest BCUT2D eigenvalue weighted by atomic mass is 10.1. The van der Waals surface area contributed by atoms with E-state index in [2.05, 4.69) is 5.10 Å². The summed E-state index contributed by atoms with van der Waals surface area (Å²) in [6.45, 7) is 3.61.